The van der Waals surface area contributed by atoms with Gasteiger partial charge in [0.05, 0.1) is 9.09 Å². The molecule has 0 aliphatic rings. The van der Waals surface area contributed by atoms with Crippen molar-refractivity contribution in [1.29, 1.82) is 0 Å². The number of alkyl halides is 3. The standard InChI is InChI=1S/C10H4BrF3INO/c11-5-3-1-2-4-7(5)16-9(10(12,13)14)6(15)8(4)17/h1-3H,(H,16,17). The minimum Gasteiger partial charge on any atom is -0.349 e. The first-order chi connectivity index (χ1) is 7.82. The zero-order chi connectivity index (χ0) is 12.8. The highest BCUT2D eigenvalue weighted by atomic mass is 127. The molecule has 1 heterocycles. The van der Waals surface area contributed by atoms with Crippen LogP contribution in [0, 0.1) is 3.57 Å². The highest BCUT2D eigenvalue weighted by Crippen LogP contribution is 2.32. The molecule has 0 aliphatic heterocycles. The van der Waals surface area contributed by atoms with Crippen molar-refractivity contribution in [2.24, 2.45) is 0 Å². The molecule has 0 unspecified atom stereocenters. The predicted molar refractivity (Wildman–Crippen MR) is 70.0 cm³/mol. The quantitative estimate of drug-likeness (QED) is 0.647. The van der Waals surface area contributed by atoms with Gasteiger partial charge in [0.2, 0.25) is 5.43 Å². The van der Waals surface area contributed by atoms with Crippen LogP contribution in [0.25, 0.3) is 10.9 Å². The topological polar surface area (TPSA) is 32.9 Å². The zero-order valence-electron chi connectivity index (χ0n) is 8.03. The van der Waals surface area contributed by atoms with Gasteiger partial charge in [-0.15, -0.1) is 0 Å². The number of hydrogen-bond acceptors (Lipinski definition) is 1. The molecule has 2 rings (SSSR count). The SMILES string of the molecule is O=c1c(I)c(C(F)(F)F)[nH]c2c(Br)cccc12. The normalized spacial score (nSPS) is 12.1. The molecule has 0 saturated carbocycles. The Labute approximate surface area is 115 Å². The summed E-state index contributed by atoms with van der Waals surface area (Å²) in [6.07, 6.45) is -4.57. The van der Waals surface area contributed by atoms with Crippen molar-refractivity contribution in [2.75, 3.05) is 0 Å². The fraction of sp³-hybridized carbons (Fsp3) is 0.100. The number of benzene rings is 1. The number of rotatable bonds is 0. The molecule has 0 fully saturated rings. The molecule has 7 heteroatoms. The molecule has 0 radical (unpaired) electrons. The van der Waals surface area contributed by atoms with E-state index >= 15 is 0 Å². The second-order valence-electron chi connectivity index (χ2n) is 3.30. The number of hydrogen-bond donors (Lipinski definition) is 1. The van der Waals surface area contributed by atoms with E-state index in [1.165, 1.54) is 28.7 Å². The van der Waals surface area contributed by atoms with E-state index in [0.29, 0.717) is 4.47 Å². The summed E-state index contributed by atoms with van der Waals surface area (Å²) in [4.78, 5) is 14.1. The van der Waals surface area contributed by atoms with E-state index < -0.39 is 17.3 Å². The van der Waals surface area contributed by atoms with Gasteiger partial charge in [0, 0.05) is 9.86 Å². The maximum atomic E-state index is 12.7. The lowest BCUT2D eigenvalue weighted by Gasteiger charge is -2.11. The van der Waals surface area contributed by atoms with Crippen molar-refractivity contribution in [3.8, 4) is 0 Å². The molecular formula is C10H4BrF3INO. The lowest BCUT2D eigenvalue weighted by molar-refractivity contribution is -0.141. The Morgan fingerprint density at radius 3 is 2.53 bits per heavy atom. The molecule has 0 bridgehead atoms. The second-order valence-corrected chi connectivity index (χ2v) is 5.24. The fourth-order valence-corrected chi connectivity index (χ4v) is 2.64. The molecule has 17 heavy (non-hydrogen) atoms. The average Bonchev–Trinajstić information content (AvgIpc) is 2.22. The highest BCUT2D eigenvalue weighted by Gasteiger charge is 2.35. The predicted octanol–water partition coefficient (Wildman–Crippen LogP) is 3.91. The van der Waals surface area contributed by atoms with Crippen LogP contribution in [0.2, 0.25) is 0 Å². The summed E-state index contributed by atoms with van der Waals surface area (Å²) in [6, 6.07) is 4.66. The molecule has 2 aromatic rings. The molecule has 0 saturated heterocycles. The maximum absolute atomic E-state index is 12.7. The van der Waals surface area contributed by atoms with Crippen LogP contribution < -0.4 is 5.43 Å². The Morgan fingerprint density at radius 2 is 1.94 bits per heavy atom. The average molecular weight is 418 g/mol. The third-order valence-electron chi connectivity index (χ3n) is 2.21. The van der Waals surface area contributed by atoms with E-state index in [0.717, 1.165) is 0 Å². The Bertz CT molecular complexity index is 650. The van der Waals surface area contributed by atoms with Crippen LogP contribution in [0.5, 0.6) is 0 Å². The monoisotopic (exact) mass is 417 g/mol. The van der Waals surface area contributed by atoms with Gasteiger partial charge in [-0.25, -0.2) is 0 Å². The summed E-state index contributed by atoms with van der Waals surface area (Å²) in [5.74, 6) is 0. The number of aromatic nitrogens is 1. The number of aromatic amines is 1. The third-order valence-corrected chi connectivity index (χ3v) is 3.90. The second kappa shape index (κ2) is 4.27. The van der Waals surface area contributed by atoms with Gasteiger partial charge >= 0.3 is 6.18 Å². The van der Waals surface area contributed by atoms with E-state index in [1.54, 1.807) is 12.1 Å². The molecule has 1 aromatic carbocycles. The smallest absolute Gasteiger partial charge is 0.349 e. The lowest BCUT2D eigenvalue weighted by Crippen LogP contribution is -2.19. The van der Waals surface area contributed by atoms with Crippen LogP contribution in [0.15, 0.2) is 27.5 Å². The summed E-state index contributed by atoms with van der Waals surface area (Å²) >= 11 is 4.53. The number of nitrogens with one attached hydrogen (secondary N) is 1. The number of para-hydroxylation sites is 1. The molecule has 1 N–H and O–H groups in total. The largest absolute Gasteiger partial charge is 0.432 e. The summed E-state index contributed by atoms with van der Waals surface area (Å²) < 4.78 is 38.2. The van der Waals surface area contributed by atoms with Crippen molar-refractivity contribution in [3.63, 3.8) is 0 Å². The van der Waals surface area contributed by atoms with Crippen molar-refractivity contribution < 1.29 is 13.2 Å². The minimum atomic E-state index is -4.57. The van der Waals surface area contributed by atoms with Crippen molar-refractivity contribution >= 4 is 49.4 Å². The van der Waals surface area contributed by atoms with Gasteiger partial charge < -0.3 is 4.98 Å². The molecule has 1 aromatic heterocycles. The van der Waals surface area contributed by atoms with Gasteiger partial charge in [-0.1, -0.05) is 6.07 Å². The number of fused-ring (bicyclic) bond motifs is 1. The van der Waals surface area contributed by atoms with Gasteiger partial charge in [-0.05, 0) is 50.7 Å². The Kier molecular flexibility index (Phi) is 3.23. The van der Waals surface area contributed by atoms with Crippen molar-refractivity contribution in [2.45, 2.75) is 6.18 Å². The van der Waals surface area contributed by atoms with Crippen LogP contribution in [-0.4, -0.2) is 4.98 Å². The van der Waals surface area contributed by atoms with E-state index in [9.17, 15) is 18.0 Å². The molecule has 90 valence electrons. The molecule has 0 aliphatic carbocycles. The van der Waals surface area contributed by atoms with Crippen LogP contribution in [0.3, 0.4) is 0 Å². The van der Waals surface area contributed by atoms with Crippen LogP contribution in [-0.2, 0) is 6.18 Å². The van der Waals surface area contributed by atoms with E-state index in [-0.39, 0.29) is 14.5 Å². The first-order valence-corrected chi connectivity index (χ1v) is 6.26. The molecule has 0 amide bonds. The fourth-order valence-electron chi connectivity index (χ4n) is 1.45. The van der Waals surface area contributed by atoms with Crippen molar-refractivity contribution in [3.05, 3.63) is 42.2 Å². The van der Waals surface area contributed by atoms with E-state index in [4.69, 9.17) is 0 Å². The third kappa shape index (κ3) is 2.22. The number of H-pyrrole nitrogens is 1. The Hall–Kier alpha value is -0.570. The van der Waals surface area contributed by atoms with Gasteiger partial charge in [0.15, 0.2) is 0 Å². The van der Waals surface area contributed by atoms with E-state index in [2.05, 4.69) is 20.9 Å². The Balaban J connectivity index is 2.96. The lowest BCUT2D eigenvalue weighted by atomic mass is 10.2. The van der Waals surface area contributed by atoms with Crippen molar-refractivity contribution in [1.82, 2.24) is 4.98 Å². The number of pyridine rings is 1. The molecule has 2 nitrogen and oxygen atoms in total. The molecule has 0 spiro atoms. The van der Waals surface area contributed by atoms with Crippen LogP contribution in [0.4, 0.5) is 13.2 Å². The molecule has 0 atom stereocenters. The van der Waals surface area contributed by atoms with Gasteiger partial charge in [-0.3, -0.25) is 4.79 Å². The van der Waals surface area contributed by atoms with Crippen LogP contribution >= 0.6 is 38.5 Å². The maximum Gasteiger partial charge on any atom is 0.432 e. The summed E-state index contributed by atoms with van der Waals surface area (Å²) in [7, 11) is 0. The summed E-state index contributed by atoms with van der Waals surface area (Å²) in [5, 5.41) is 0.233. The summed E-state index contributed by atoms with van der Waals surface area (Å²) in [5.41, 5.74) is -1.47. The first kappa shape index (κ1) is 12.9. The minimum absolute atomic E-state index is 0.158. The summed E-state index contributed by atoms with van der Waals surface area (Å²) in [6.45, 7) is 0. The molecular weight excluding hydrogens is 414 g/mol. The zero-order valence-corrected chi connectivity index (χ0v) is 11.8. The van der Waals surface area contributed by atoms with Crippen LogP contribution in [0.1, 0.15) is 5.69 Å². The number of halogens is 5. The van der Waals surface area contributed by atoms with Gasteiger partial charge in [0.1, 0.15) is 5.69 Å². The van der Waals surface area contributed by atoms with Gasteiger partial charge in [-0.2, -0.15) is 13.2 Å². The van der Waals surface area contributed by atoms with Gasteiger partial charge in [0.25, 0.3) is 0 Å². The Morgan fingerprint density at radius 1 is 1.29 bits per heavy atom. The van der Waals surface area contributed by atoms with E-state index in [1.807, 2.05) is 0 Å². The highest BCUT2D eigenvalue weighted by molar-refractivity contribution is 14.1. The first-order valence-electron chi connectivity index (χ1n) is 4.39.